The molecule has 0 saturated heterocycles. The van der Waals surface area contributed by atoms with Gasteiger partial charge in [0.1, 0.15) is 5.75 Å². The van der Waals surface area contributed by atoms with Crippen LogP contribution in [0.15, 0.2) is 60.9 Å². The molecule has 0 fully saturated rings. The number of nitrogens with one attached hydrogen (secondary N) is 2. The molecule has 3 rings (SSSR count). The maximum absolute atomic E-state index is 12.5. The summed E-state index contributed by atoms with van der Waals surface area (Å²) in [6.45, 7) is 5.00. The van der Waals surface area contributed by atoms with Crippen LogP contribution in [0.5, 0.6) is 5.75 Å². The van der Waals surface area contributed by atoms with E-state index in [1.165, 1.54) is 0 Å². The Hall–Kier alpha value is -2.86. The summed E-state index contributed by atoms with van der Waals surface area (Å²) in [5, 5.41) is 2.92. The van der Waals surface area contributed by atoms with Gasteiger partial charge in [-0.3, -0.25) is 9.36 Å². The van der Waals surface area contributed by atoms with E-state index in [-0.39, 0.29) is 5.91 Å². The fraction of sp³-hybridized carbons (Fsp3) is 0.238. The second kappa shape index (κ2) is 8.68. The van der Waals surface area contributed by atoms with E-state index in [9.17, 15) is 4.79 Å². The number of nitrogens with zero attached hydrogens (tertiary/aromatic N) is 1. The maximum Gasteiger partial charge on any atom is 0.255 e. The summed E-state index contributed by atoms with van der Waals surface area (Å²) in [5.41, 5.74) is 2.17. The molecule has 0 bridgehead atoms. The zero-order chi connectivity index (χ0) is 19.2. The molecule has 5 nitrogen and oxygen atoms in total. The first kappa shape index (κ1) is 18.9. The van der Waals surface area contributed by atoms with Gasteiger partial charge in [0.15, 0.2) is 4.77 Å². The van der Waals surface area contributed by atoms with Gasteiger partial charge >= 0.3 is 0 Å². The summed E-state index contributed by atoms with van der Waals surface area (Å²) in [6, 6.07) is 14.7. The van der Waals surface area contributed by atoms with Crippen molar-refractivity contribution in [1.82, 2.24) is 9.55 Å². The Morgan fingerprint density at radius 1 is 1.22 bits per heavy atom. The van der Waals surface area contributed by atoms with Gasteiger partial charge in [0.05, 0.1) is 6.61 Å². The monoisotopic (exact) mass is 381 g/mol. The zero-order valence-electron chi connectivity index (χ0n) is 15.4. The molecule has 0 radical (unpaired) electrons. The first-order valence-electron chi connectivity index (χ1n) is 8.93. The molecule has 0 spiro atoms. The summed E-state index contributed by atoms with van der Waals surface area (Å²) in [6.07, 6.45) is 4.63. The van der Waals surface area contributed by atoms with Crippen LogP contribution >= 0.6 is 12.2 Å². The summed E-state index contributed by atoms with van der Waals surface area (Å²) >= 11 is 5.24. The second-order valence-electron chi connectivity index (χ2n) is 6.70. The molecular weight excluding hydrogens is 358 g/mol. The van der Waals surface area contributed by atoms with Crippen LogP contribution in [-0.4, -0.2) is 22.1 Å². The molecule has 1 amide bonds. The summed E-state index contributed by atoms with van der Waals surface area (Å²) in [7, 11) is 0. The molecule has 0 unspecified atom stereocenters. The molecule has 1 heterocycles. The second-order valence-corrected chi connectivity index (χ2v) is 7.08. The van der Waals surface area contributed by atoms with Crippen molar-refractivity contribution in [2.75, 3.05) is 11.9 Å². The highest BCUT2D eigenvalue weighted by Crippen LogP contribution is 2.18. The van der Waals surface area contributed by atoms with Crippen LogP contribution in [0, 0.1) is 10.7 Å². The Bertz CT molecular complexity index is 958. The SMILES string of the molecule is CC(C)CCOc1ccc(C(=O)Nc2cccc(-n3cc[nH]c3=S)c2)cc1. The molecule has 2 N–H and O–H groups in total. The number of rotatable bonds is 7. The molecule has 6 heteroatoms. The molecule has 0 saturated carbocycles. The van der Waals surface area contributed by atoms with Crippen LogP contribution in [0.4, 0.5) is 5.69 Å². The van der Waals surface area contributed by atoms with Gasteiger partial charge in [-0.15, -0.1) is 0 Å². The Morgan fingerprint density at radius 3 is 2.67 bits per heavy atom. The molecule has 27 heavy (non-hydrogen) atoms. The Kier molecular flexibility index (Phi) is 6.08. The molecule has 140 valence electrons. The van der Waals surface area contributed by atoms with Crippen molar-refractivity contribution in [3.8, 4) is 11.4 Å². The highest BCUT2D eigenvalue weighted by molar-refractivity contribution is 7.71. The number of anilines is 1. The van der Waals surface area contributed by atoms with Gasteiger partial charge in [-0.2, -0.15) is 0 Å². The quantitative estimate of drug-likeness (QED) is 0.552. The number of H-pyrrole nitrogens is 1. The van der Waals surface area contributed by atoms with Gasteiger partial charge in [0.2, 0.25) is 0 Å². The Balaban J connectivity index is 1.65. The lowest BCUT2D eigenvalue weighted by molar-refractivity contribution is 0.102. The van der Waals surface area contributed by atoms with E-state index in [1.54, 1.807) is 18.3 Å². The number of amides is 1. The van der Waals surface area contributed by atoms with Crippen molar-refractivity contribution in [2.45, 2.75) is 20.3 Å². The third-order valence-electron chi connectivity index (χ3n) is 4.11. The van der Waals surface area contributed by atoms with E-state index in [0.29, 0.717) is 28.5 Å². The lowest BCUT2D eigenvalue weighted by Crippen LogP contribution is -2.12. The van der Waals surface area contributed by atoms with Crippen LogP contribution in [-0.2, 0) is 0 Å². The normalized spacial score (nSPS) is 10.8. The number of carbonyl (C=O) groups is 1. The minimum atomic E-state index is -0.168. The minimum Gasteiger partial charge on any atom is -0.494 e. The van der Waals surface area contributed by atoms with Gasteiger partial charge in [-0.1, -0.05) is 19.9 Å². The number of hydrogen-bond donors (Lipinski definition) is 2. The number of aromatic amines is 1. The van der Waals surface area contributed by atoms with Crippen LogP contribution < -0.4 is 10.1 Å². The lowest BCUT2D eigenvalue weighted by Gasteiger charge is -2.10. The average molecular weight is 382 g/mol. The molecule has 2 aromatic carbocycles. The Morgan fingerprint density at radius 2 is 2.00 bits per heavy atom. The predicted octanol–water partition coefficient (Wildman–Crippen LogP) is 5.21. The van der Waals surface area contributed by atoms with Crippen LogP contribution in [0.25, 0.3) is 5.69 Å². The predicted molar refractivity (Wildman–Crippen MR) is 110 cm³/mol. The average Bonchev–Trinajstić information content (AvgIpc) is 3.08. The smallest absolute Gasteiger partial charge is 0.255 e. The van der Waals surface area contributed by atoms with E-state index < -0.39 is 0 Å². The highest BCUT2D eigenvalue weighted by Gasteiger charge is 2.08. The van der Waals surface area contributed by atoms with E-state index in [1.807, 2.05) is 47.2 Å². The molecule has 0 atom stereocenters. The first-order valence-corrected chi connectivity index (χ1v) is 9.34. The van der Waals surface area contributed by atoms with Crippen LogP contribution in [0.3, 0.4) is 0 Å². The van der Waals surface area contributed by atoms with Crippen molar-refractivity contribution in [1.29, 1.82) is 0 Å². The van der Waals surface area contributed by atoms with Crippen LogP contribution in [0.1, 0.15) is 30.6 Å². The fourth-order valence-electron chi connectivity index (χ4n) is 2.58. The van der Waals surface area contributed by atoms with Gasteiger partial charge in [0, 0.05) is 29.3 Å². The number of aromatic nitrogens is 2. The highest BCUT2D eigenvalue weighted by atomic mass is 32.1. The number of hydrogen-bond acceptors (Lipinski definition) is 3. The largest absolute Gasteiger partial charge is 0.494 e. The number of imidazole rings is 1. The van der Waals surface area contributed by atoms with Crippen molar-refractivity contribution < 1.29 is 9.53 Å². The fourth-order valence-corrected chi connectivity index (χ4v) is 2.81. The third-order valence-corrected chi connectivity index (χ3v) is 4.43. The molecule has 3 aromatic rings. The zero-order valence-corrected chi connectivity index (χ0v) is 16.3. The molecule has 0 aliphatic rings. The van der Waals surface area contributed by atoms with Crippen molar-refractivity contribution in [3.05, 3.63) is 71.3 Å². The van der Waals surface area contributed by atoms with Crippen molar-refractivity contribution in [2.24, 2.45) is 5.92 Å². The van der Waals surface area contributed by atoms with Gasteiger partial charge in [-0.25, -0.2) is 0 Å². The first-order chi connectivity index (χ1) is 13.0. The van der Waals surface area contributed by atoms with Gasteiger partial charge in [0.25, 0.3) is 5.91 Å². The van der Waals surface area contributed by atoms with Crippen molar-refractivity contribution in [3.63, 3.8) is 0 Å². The third kappa shape index (κ3) is 5.08. The summed E-state index contributed by atoms with van der Waals surface area (Å²) in [4.78, 5) is 15.5. The lowest BCUT2D eigenvalue weighted by atomic mass is 10.1. The maximum atomic E-state index is 12.5. The van der Waals surface area contributed by atoms with E-state index in [2.05, 4.69) is 24.1 Å². The number of ether oxygens (including phenoxy) is 1. The number of benzene rings is 2. The molecule has 0 aliphatic carbocycles. The topological polar surface area (TPSA) is 59.0 Å². The van der Waals surface area contributed by atoms with E-state index in [4.69, 9.17) is 17.0 Å². The Labute approximate surface area is 164 Å². The minimum absolute atomic E-state index is 0.168. The molecular formula is C21H23N3O2S. The van der Waals surface area contributed by atoms with E-state index >= 15 is 0 Å². The van der Waals surface area contributed by atoms with Gasteiger partial charge in [-0.05, 0) is 67.0 Å². The molecule has 1 aromatic heterocycles. The van der Waals surface area contributed by atoms with Gasteiger partial charge < -0.3 is 15.0 Å². The van der Waals surface area contributed by atoms with Crippen molar-refractivity contribution >= 4 is 23.8 Å². The summed E-state index contributed by atoms with van der Waals surface area (Å²) in [5.74, 6) is 1.21. The summed E-state index contributed by atoms with van der Waals surface area (Å²) < 4.78 is 8.14. The standard InChI is InChI=1S/C21H23N3O2S/c1-15(2)10-13-26-19-8-6-16(7-9-19)20(25)23-17-4-3-5-18(14-17)24-12-11-22-21(24)27/h3-9,11-12,14-15H,10,13H2,1-2H3,(H,22,27)(H,23,25). The van der Waals surface area contributed by atoms with Crippen LogP contribution in [0.2, 0.25) is 0 Å². The number of carbonyl (C=O) groups excluding carboxylic acids is 1. The molecule has 0 aliphatic heterocycles. The van der Waals surface area contributed by atoms with E-state index in [0.717, 1.165) is 17.9 Å².